The van der Waals surface area contributed by atoms with E-state index in [1.807, 2.05) is 0 Å². The van der Waals surface area contributed by atoms with Gasteiger partial charge >= 0.3 is 0 Å². The fourth-order valence-corrected chi connectivity index (χ4v) is 3.55. The Balaban J connectivity index is 1.72. The monoisotopic (exact) mass is 368 g/mol. The standard InChI is InChI=1S/C14H24O11/c1-5-8(16)13-10(7(21-5)4-20-13)23-14-9(17)12(19-2)11(24-25-18)6(3-15)22-14/h5-18H,3-4H2,1-2H3. The van der Waals surface area contributed by atoms with Crippen molar-refractivity contribution in [3.63, 3.8) is 0 Å². The van der Waals surface area contributed by atoms with Gasteiger partial charge in [-0.3, -0.25) is 0 Å². The van der Waals surface area contributed by atoms with Crippen molar-refractivity contribution in [3.8, 4) is 0 Å². The molecule has 10 unspecified atom stereocenters. The predicted molar refractivity (Wildman–Crippen MR) is 76.1 cm³/mol. The number of hydrogen-bond acceptors (Lipinski definition) is 11. The van der Waals surface area contributed by atoms with Crippen LogP contribution in [0.15, 0.2) is 0 Å². The first-order chi connectivity index (χ1) is 12.0. The van der Waals surface area contributed by atoms with Gasteiger partial charge < -0.3 is 39.0 Å². The van der Waals surface area contributed by atoms with E-state index in [2.05, 4.69) is 9.93 Å². The fraction of sp³-hybridized carbons (Fsp3) is 1.00. The molecule has 3 aliphatic rings. The summed E-state index contributed by atoms with van der Waals surface area (Å²) in [7, 11) is 1.32. The highest BCUT2D eigenvalue weighted by molar-refractivity contribution is 4.99. The minimum absolute atomic E-state index is 0.251. The van der Waals surface area contributed by atoms with Crippen LogP contribution in [0, 0.1) is 0 Å². The number of aliphatic hydroxyl groups is 3. The van der Waals surface area contributed by atoms with Crippen LogP contribution in [-0.4, -0.2) is 102 Å². The van der Waals surface area contributed by atoms with Crippen LogP contribution < -0.4 is 0 Å². The van der Waals surface area contributed by atoms with Crippen LogP contribution in [0.1, 0.15) is 6.92 Å². The molecule has 0 aromatic heterocycles. The third kappa shape index (κ3) is 3.55. The summed E-state index contributed by atoms with van der Waals surface area (Å²) in [6, 6.07) is 0. The van der Waals surface area contributed by atoms with E-state index in [-0.39, 0.29) is 6.61 Å². The molecule has 0 radical (unpaired) electrons. The van der Waals surface area contributed by atoms with Gasteiger partial charge in [0.1, 0.15) is 42.7 Å². The van der Waals surface area contributed by atoms with Gasteiger partial charge in [0.2, 0.25) is 0 Å². The van der Waals surface area contributed by atoms with E-state index in [1.165, 1.54) is 7.11 Å². The van der Waals surface area contributed by atoms with E-state index in [9.17, 15) is 15.3 Å². The van der Waals surface area contributed by atoms with Crippen LogP contribution >= 0.6 is 0 Å². The normalized spacial score (nSPS) is 50.2. The number of aliphatic hydroxyl groups excluding tert-OH is 3. The third-order valence-electron chi connectivity index (χ3n) is 4.86. The summed E-state index contributed by atoms with van der Waals surface area (Å²) in [5, 5.41) is 42.3. The molecular formula is C14H24O11. The van der Waals surface area contributed by atoms with Gasteiger partial charge in [0.25, 0.3) is 0 Å². The summed E-state index contributed by atoms with van der Waals surface area (Å²) >= 11 is 0. The molecule has 3 heterocycles. The lowest BCUT2D eigenvalue weighted by molar-refractivity contribution is -0.527. The van der Waals surface area contributed by atoms with E-state index in [0.29, 0.717) is 0 Å². The minimum Gasteiger partial charge on any atom is -0.394 e. The Kier molecular flexibility index (Phi) is 6.23. The highest BCUT2D eigenvalue weighted by atomic mass is 17.5. The molecule has 10 atom stereocenters. The Morgan fingerprint density at radius 3 is 2.48 bits per heavy atom. The number of hydrogen-bond donors (Lipinski definition) is 4. The van der Waals surface area contributed by atoms with E-state index in [0.717, 1.165) is 0 Å². The predicted octanol–water partition coefficient (Wildman–Crippen LogP) is -2.20. The van der Waals surface area contributed by atoms with Crippen molar-refractivity contribution < 1.29 is 54.2 Å². The molecular weight excluding hydrogens is 344 g/mol. The van der Waals surface area contributed by atoms with E-state index < -0.39 is 67.8 Å². The molecule has 0 spiro atoms. The van der Waals surface area contributed by atoms with Crippen molar-refractivity contribution in [2.24, 2.45) is 0 Å². The summed E-state index contributed by atoms with van der Waals surface area (Å²) in [5.41, 5.74) is 0. The average Bonchev–Trinajstić information content (AvgIpc) is 2.91. The zero-order valence-corrected chi connectivity index (χ0v) is 13.8. The molecule has 0 aromatic rings. The molecule has 11 heteroatoms. The van der Waals surface area contributed by atoms with E-state index in [1.54, 1.807) is 6.92 Å². The summed E-state index contributed by atoms with van der Waals surface area (Å²) < 4.78 is 27.7. The Hall–Kier alpha value is -0.440. The molecule has 11 nitrogen and oxygen atoms in total. The van der Waals surface area contributed by atoms with Crippen molar-refractivity contribution in [2.45, 2.75) is 68.1 Å². The van der Waals surface area contributed by atoms with Crippen LogP contribution in [0.2, 0.25) is 0 Å². The van der Waals surface area contributed by atoms with Gasteiger partial charge in [0.05, 0.1) is 19.3 Å². The maximum Gasteiger partial charge on any atom is 0.187 e. The quantitative estimate of drug-likeness (QED) is 0.299. The van der Waals surface area contributed by atoms with E-state index in [4.69, 9.17) is 28.9 Å². The van der Waals surface area contributed by atoms with Crippen molar-refractivity contribution >= 4 is 0 Å². The Morgan fingerprint density at radius 2 is 1.84 bits per heavy atom. The second-order valence-electron chi connectivity index (χ2n) is 6.32. The second-order valence-corrected chi connectivity index (χ2v) is 6.32. The maximum absolute atomic E-state index is 10.5. The molecule has 3 aliphatic heterocycles. The number of fused-ring (bicyclic) bond motifs is 2. The Bertz CT molecular complexity index is 437. The highest BCUT2D eigenvalue weighted by Gasteiger charge is 2.54. The molecule has 3 saturated heterocycles. The zero-order chi connectivity index (χ0) is 18.1. The van der Waals surface area contributed by atoms with Crippen molar-refractivity contribution in [2.75, 3.05) is 20.3 Å². The summed E-state index contributed by atoms with van der Waals surface area (Å²) in [4.78, 5) is 4.62. The first kappa shape index (κ1) is 19.3. The van der Waals surface area contributed by atoms with Crippen molar-refractivity contribution in [3.05, 3.63) is 0 Å². The zero-order valence-electron chi connectivity index (χ0n) is 13.8. The van der Waals surface area contributed by atoms with Gasteiger partial charge in [0.15, 0.2) is 12.4 Å². The van der Waals surface area contributed by atoms with Gasteiger partial charge in [-0.2, -0.15) is 4.89 Å². The molecule has 146 valence electrons. The molecule has 4 N–H and O–H groups in total. The molecule has 0 saturated carbocycles. The maximum atomic E-state index is 10.5. The van der Waals surface area contributed by atoms with E-state index >= 15 is 0 Å². The minimum atomic E-state index is -1.32. The fourth-order valence-electron chi connectivity index (χ4n) is 3.55. The molecule has 3 rings (SSSR count). The number of rotatable bonds is 6. The van der Waals surface area contributed by atoms with Crippen LogP contribution in [0.5, 0.6) is 0 Å². The van der Waals surface area contributed by atoms with Gasteiger partial charge in [-0.1, -0.05) is 5.04 Å². The van der Waals surface area contributed by atoms with Crippen molar-refractivity contribution in [1.29, 1.82) is 0 Å². The molecule has 0 aromatic carbocycles. The SMILES string of the molecule is COC1C(O)C(OC2C3COC2C(O)C(C)O3)OC(CO)C1OOO. The van der Waals surface area contributed by atoms with Crippen LogP contribution in [0.4, 0.5) is 0 Å². The molecule has 2 bridgehead atoms. The summed E-state index contributed by atoms with van der Waals surface area (Å²) in [6.07, 6.45) is -8.56. The summed E-state index contributed by atoms with van der Waals surface area (Å²) in [6.45, 7) is 1.49. The lowest BCUT2D eigenvalue weighted by Crippen LogP contribution is -2.63. The number of ether oxygens (including phenoxy) is 5. The lowest BCUT2D eigenvalue weighted by atomic mass is 9.96. The second kappa shape index (κ2) is 8.06. The van der Waals surface area contributed by atoms with Crippen molar-refractivity contribution in [1.82, 2.24) is 0 Å². The van der Waals surface area contributed by atoms with Gasteiger partial charge in [-0.25, -0.2) is 5.26 Å². The first-order valence-electron chi connectivity index (χ1n) is 8.06. The van der Waals surface area contributed by atoms with Gasteiger partial charge in [-0.05, 0) is 6.92 Å². The molecule has 25 heavy (non-hydrogen) atoms. The largest absolute Gasteiger partial charge is 0.394 e. The van der Waals surface area contributed by atoms with Gasteiger partial charge in [-0.15, -0.1) is 0 Å². The smallest absolute Gasteiger partial charge is 0.187 e. The third-order valence-corrected chi connectivity index (χ3v) is 4.86. The first-order valence-corrected chi connectivity index (χ1v) is 8.06. The van der Waals surface area contributed by atoms with Crippen LogP contribution in [0.25, 0.3) is 0 Å². The Morgan fingerprint density at radius 1 is 1.08 bits per heavy atom. The lowest BCUT2D eigenvalue weighted by Gasteiger charge is -2.44. The molecule has 3 fully saturated rings. The topological polar surface area (TPSA) is 146 Å². The number of methoxy groups -OCH3 is 1. The van der Waals surface area contributed by atoms with Crippen LogP contribution in [-0.2, 0) is 33.6 Å². The van der Waals surface area contributed by atoms with Gasteiger partial charge in [0, 0.05) is 7.11 Å². The Labute approximate surface area is 143 Å². The highest BCUT2D eigenvalue weighted by Crippen LogP contribution is 2.35. The van der Waals surface area contributed by atoms with Crippen LogP contribution in [0.3, 0.4) is 0 Å². The summed E-state index contributed by atoms with van der Waals surface area (Å²) in [5.74, 6) is 0. The molecule has 0 amide bonds. The molecule has 0 aliphatic carbocycles. The average molecular weight is 368 g/mol.